The van der Waals surface area contributed by atoms with Crippen molar-refractivity contribution in [2.45, 2.75) is 38.2 Å². The number of rotatable bonds is 9. The Morgan fingerprint density at radius 3 is 2.43 bits per heavy atom. The van der Waals surface area contributed by atoms with Crippen molar-refractivity contribution in [1.29, 1.82) is 0 Å². The minimum absolute atomic E-state index is 0.129. The zero-order valence-corrected chi connectivity index (χ0v) is 14.1. The summed E-state index contributed by atoms with van der Waals surface area (Å²) in [6.45, 7) is 6.84. The van der Waals surface area contributed by atoms with Crippen molar-refractivity contribution in [1.82, 2.24) is 5.32 Å². The number of hydrogen-bond donors (Lipinski definition) is 3. The smallest absolute Gasteiger partial charge is 0.125 e. The van der Waals surface area contributed by atoms with Gasteiger partial charge in [-0.3, -0.25) is 0 Å². The van der Waals surface area contributed by atoms with E-state index in [9.17, 15) is 10.2 Å². The second-order valence-corrected chi connectivity index (χ2v) is 6.42. The van der Waals surface area contributed by atoms with Crippen LogP contribution in [0.2, 0.25) is 0 Å². The van der Waals surface area contributed by atoms with Crippen LogP contribution < -0.4 is 10.1 Å². The van der Waals surface area contributed by atoms with Gasteiger partial charge in [-0.15, -0.1) is 0 Å². The first kappa shape index (κ1) is 18.3. The highest BCUT2D eigenvalue weighted by Gasteiger charge is 2.16. The summed E-state index contributed by atoms with van der Waals surface area (Å²) in [4.78, 5) is 0. The third-order valence-electron chi connectivity index (χ3n) is 3.54. The lowest BCUT2D eigenvalue weighted by Crippen LogP contribution is -2.42. The van der Waals surface area contributed by atoms with Crippen molar-refractivity contribution in [2.75, 3.05) is 26.0 Å². The van der Waals surface area contributed by atoms with Crippen LogP contribution in [-0.2, 0) is 0 Å². The number of benzene rings is 1. The first-order valence-electron chi connectivity index (χ1n) is 7.23. The maximum atomic E-state index is 10.0. The predicted molar refractivity (Wildman–Crippen MR) is 89.3 cm³/mol. The van der Waals surface area contributed by atoms with Crippen molar-refractivity contribution in [2.24, 2.45) is 0 Å². The molecule has 0 aromatic heterocycles. The SMILES string of the molecule is CSC(CO)C(C)NCC(O)COc1c(C)cccc1C. The second kappa shape index (κ2) is 9.30. The van der Waals surface area contributed by atoms with Crippen LogP contribution in [0, 0.1) is 13.8 Å². The maximum absolute atomic E-state index is 10.0. The zero-order valence-electron chi connectivity index (χ0n) is 13.3. The summed E-state index contributed by atoms with van der Waals surface area (Å²) in [6, 6.07) is 6.13. The summed E-state index contributed by atoms with van der Waals surface area (Å²) in [5.74, 6) is 0.849. The van der Waals surface area contributed by atoms with Crippen LogP contribution in [0.4, 0.5) is 0 Å². The molecule has 0 aliphatic carbocycles. The summed E-state index contributed by atoms with van der Waals surface area (Å²) in [5.41, 5.74) is 2.15. The highest BCUT2D eigenvalue weighted by Crippen LogP contribution is 2.22. The van der Waals surface area contributed by atoms with Crippen LogP contribution in [-0.4, -0.2) is 53.6 Å². The quantitative estimate of drug-likeness (QED) is 0.648. The molecule has 0 radical (unpaired) electrons. The van der Waals surface area contributed by atoms with E-state index in [1.165, 1.54) is 0 Å². The first-order valence-corrected chi connectivity index (χ1v) is 8.52. The van der Waals surface area contributed by atoms with Crippen LogP contribution in [0.5, 0.6) is 5.75 Å². The average Bonchev–Trinajstić information content (AvgIpc) is 2.46. The summed E-state index contributed by atoms with van der Waals surface area (Å²) in [7, 11) is 0. The molecule has 0 heterocycles. The van der Waals surface area contributed by atoms with Gasteiger partial charge in [-0.2, -0.15) is 11.8 Å². The number of nitrogens with one attached hydrogen (secondary N) is 1. The Morgan fingerprint density at radius 1 is 1.29 bits per heavy atom. The molecule has 0 saturated heterocycles. The number of hydrogen-bond acceptors (Lipinski definition) is 5. The number of thioether (sulfide) groups is 1. The molecule has 1 rings (SSSR count). The van der Waals surface area contributed by atoms with Crippen molar-refractivity contribution < 1.29 is 14.9 Å². The molecule has 3 N–H and O–H groups in total. The fourth-order valence-electron chi connectivity index (χ4n) is 2.16. The van der Waals surface area contributed by atoms with Gasteiger partial charge in [0.25, 0.3) is 0 Å². The van der Waals surface area contributed by atoms with Crippen molar-refractivity contribution in [3.8, 4) is 5.75 Å². The summed E-state index contributed by atoms with van der Waals surface area (Å²) in [6.07, 6.45) is 1.40. The van der Waals surface area contributed by atoms with Gasteiger partial charge in [0, 0.05) is 17.8 Å². The normalized spacial score (nSPS) is 15.5. The fourth-order valence-corrected chi connectivity index (χ4v) is 2.81. The second-order valence-electron chi connectivity index (χ2n) is 5.34. The Bertz CT molecular complexity index is 404. The fraction of sp³-hybridized carbons (Fsp3) is 0.625. The van der Waals surface area contributed by atoms with Crippen LogP contribution in [0.15, 0.2) is 18.2 Å². The molecular formula is C16H27NO3S. The number of para-hydroxylation sites is 1. The largest absolute Gasteiger partial charge is 0.490 e. The molecule has 0 aliphatic heterocycles. The molecule has 0 bridgehead atoms. The van der Waals surface area contributed by atoms with E-state index in [2.05, 4.69) is 5.32 Å². The molecule has 0 fully saturated rings. The van der Waals surface area contributed by atoms with E-state index in [-0.39, 0.29) is 24.5 Å². The van der Waals surface area contributed by atoms with Crippen LogP contribution in [0.25, 0.3) is 0 Å². The van der Waals surface area contributed by atoms with E-state index >= 15 is 0 Å². The topological polar surface area (TPSA) is 61.7 Å². The lowest BCUT2D eigenvalue weighted by Gasteiger charge is -2.23. The van der Waals surface area contributed by atoms with Crippen molar-refractivity contribution in [3.05, 3.63) is 29.3 Å². The van der Waals surface area contributed by atoms with E-state index in [1.54, 1.807) is 11.8 Å². The highest BCUT2D eigenvalue weighted by molar-refractivity contribution is 7.99. The molecule has 1 aromatic rings. The standard InChI is InChI=1S/C16H27NO3S/c1-11-6-5-7-12(2)16(11)20-10-14(19)8-17-13(3)15(9-18)21-4/h5-7,13-15,17-19H,8-10H2,1-4H3. The van der Waals surface area contributed by atoms with Gasteiger partial charge >= 0.3 is 0 Å². The monoisotopic (exact) mass is 313 g/mol. The van der Waals surface area contributed by atoms with Gasteiger partial charge in [0.2, 0.25) is 0 Å². The molecule has 0 aliphatic rings. The number of ether oxygens (including phenoxy) is 1. The lowest BCUT2D eigenvalue weighted by molar-refractivity contribution is 0.102. The van der Waals surface area contributed by atoms with Crippen molar-refractivity contribution in [3.63, 3.8) is 0 Å². The number of aryl methyl sites for hydroxylation is 2. The van der Waals surface area contributed by atoms with E-state index in [4.69, 9.17) is 4.74 Å². The molecule has 5 heteroatoms. The molecule has 1 aromatic carbocycles. The Hall–Kier alpha value is -0.750. The van der Waals surface area contributed by atoms with Gasteiger partial charge in [-0.05, 0) is 38.2 Å². The molecule has 4 nitrogen and oxygen atoms in total. The van der Waals surface area contributed by atoms with Crippen LogP contribution in [0.3, 0.4) is 0 Å². The molecule has 0 saturated carbocycles. The van der Waals surface area contributed by atoms with E-state index < -0.39 is 6.10 Å². The Balaban J connectivity index is 2.39. The molecule has 21 heavy (non-hydrogen) atoms. The third-order valence-corrected chi connectivity index (χ3v) is 4.71. The average molecular weight is 313 g/mol. The predicted octanol–water partition coefficient (Wildman–Crippen LogP) is 1.75. The summed E-state index contributed by atoms with van der Waals surface area (Å²) >= 11 is 1.62. The van der Waals surface area contributed by atoms with Gasteiger partial charge in [-0.1, -0.05) is 18.2 Å². The molecular weight excluding hydrogens is 286 g/mol. The van der Waals surface area contributed by atoms with Crippen LogP contribution in [0.1, 0.15) is 18.1 Å². The Labute approximate surface area is 131 Å². The number of aliphatic hydroxyl groups excluding tert-OH is 2. The van der Waals surface area contributed by atoms with E-state index in [0.717, 1.165) is 16.9 Å². The van der Waals surface area contributed by atoms with Gasteiger partial charge < -0.3 is 20.3 Å². The zero-order chi connectivity index (χ0) is 15.8. The van der Waals surface area contributed by atoms with E-state index in [1.807, 2.05) is 45.2 Å². The Morgan fingerprint density at radius 2 is 1.90 bits per heavy atom. The van der Waals surface area contributed by atoms with E-state index in [0.29, 0.717) is 6.54 Å². The number of aliphatic hydroxyl groups is 2. The molecule has 3 atom stereocenters. The minimum atomic E-state index is -0.576. The van der Waals surface area contributed by atoms with Gasteiger partial charge in [0.05, 0.1) is 6.61 Å². The summed E-state index contributed by atoms with van der Waals surface area (Å²) < 4.78 is 5.73. The molecule has 0 spiro atoms. The van der Waals surface area contributed by atoms with Gasteiger partial charge in [-0.25, -0.2) is 0 Å². The molecule has 3 unspecified atom stereocenters. The molecule has 0 amide bonds. The lowest BCUT2D eigenvalue weighted by atomic mass is 10.1. The maximum Gasteiger partial charge on any atom is 0.125 e. The minimum Gasteiger partial charge on any atom is -0.490 e. The highest BCUT2D eigenvalue weighted by atomic mass is 32.2. The third kappa shape index (κ3) is 5.87. The first-order chi connectivity index (χ1) is 9.99. The molecule has 120 valence electrons. The Kier molecular flexibility index (Phi) is 8.11. The van der Waals surface area contributed by atoms with Gasteiger partial charge in [0.1, 0.15) is 18.5 Å². The van der Waals surface area contributed by atoms with Gasteiger partial charge in [0.15, 0.2) is 0 Å². The van der Waals surface area contributed by atoms with Crippen LogP contribution >= 0.6 is 11.8 Å². The summed E-state index contributed by atoms with van der Waals surface area (Å²) in [5, 5.41) is 22.6. The van der Waals surface area contributed by atoms with Crippen molar-refractivity contribution >= 4 is 11.8 Å².